The van der Waals surface area contributed by atoms with Crippen LogP contribution in [0, 0.1) is 23.7 Å². The summed E-state index contributed by atoms with van der Waals surface area (Å²) in [6.07, 6.45) is 4.89. The molecule has 2 amide bonds. The predicted molar refractivity (Wildman–Crippen MR) is 108 cm³/mol. The molecule has 0 unspecified atom stereocenters. The van der Waals surface area contributed by atoms with Gasteiger partial charge < -0.3 is 4.74 Å². The van der Waals surface area contributed by atoms with Crippen LogP contribution in [-0.2, 0) is 14.3 Å². The van der Waals surface area contributed by atoms with Gasteiger partial charge in [0, 0.05) is 5.56 Å². The summed E-state index contributed by atoms with van der Waals surface area (Å²) < 4.78 is 5.21. The molecule has 6 nitrogen and oxygen atoms in total. The Morgan fingerprint density at radius 3 is 2.13 bits per heavy atom. The lowest BCUT2D eigenvalue weighted by Crippen LogP contribution is -2.34. The molecular weight excluding hydrogens is 382 g/mol. The van der Waals surface area contributed by atoms with Gasteiger partial charge in [-0.25, -0.2) is 9.69 Å². The highest BCUT2D eigenvalue weighted by molar-refractivity contribution is 6.24. The van der Waals surface area contributed by atoms with Crippen molar-refractivity contribution in [2.24, 2.45) is 23.7 Å². The average Bonchev–Trinajstić information content (AvgIpc) is 3.46. The van der Waals surface area contributed by atoms with Crippen molar-refractivity contribution < 1.29 is 23.9 Å². The first-order valence-corrected chi connectivity index (χ1v) is 9.97. The fraction of sp³-hybridized carbons (Fsp3) is 0.250. The summed E-state index contributed by atoms with van der Waals surface area (Å²) in [6, 6.07) is 14.9. The predicted octanol–water partition coefficient (Wildman–Crippen LogP) is 3.04. The van der Waals surface area contributed by atoms with E-state index in [0.717, 1.165) is 11.3 Å². The number of esters is 1. The molecular formula is C24H19NO5. The number of imide groups is 1. The van der Waals surface area contributed by atoms with Gasteiger partial charge in [0.05, 0.1) is 23.1 Å². The topological polar surface area (TPSA) is 80.8 Å². The zero-order valence-electron chi connectivity index (χ0n) is 16.1. The first-order valence-electron chi connectivity index (χ1n) is 9.97. The Labute approximate surface area is 173 Å². The number of ketones is 1. The Morgan fingerprint density at radius 2 is 1.47 bits per heavy atom. The van der Waals surface area contributed by atoms with Crippen molar-refractivity contribution in [2.75, 3.05) is 11.5 Å². The molecule has 2 fully saturated rings. The van der Waals surface area contributed by atoms with Gasteiger partial charge >= 0.3 is 5.97 Å². The first-order chi connectivity index (χ1) is 14.6. The molecule has 0 aromatic heterocycles. The zero-order valence-corrected chi connectivity index (χ0v) is 16.1. The summed E-state index contributed by atoms with van der Waals surface area (Å²) in [5.74, 6) is -2.12. The number of ether oxygens (including phenoxy) is 1. The van der Waals surface area contributed by atoms with Crippen molar-refractivity contribution in [1.82, 2.24) is 0 Å². The van der Waals surface area contributed by atoms with Gasteiger partial charge in [-0.3, -0.25) is 14.4 Å². The van der Waals surface area contributed by atoms with E-state index in [1.165, 1.54) is 6.07 Å². The molecule has 0 radical (unpaired) electrons. The van der Waals surface area contributed by atoms with Gasteiger partial charge in [0.2, 0.25) is 11.8 Å². The van der Waals surface area contributed by atoms with Crippen LogP contribution in [0.25, 0.3) is 0 Å². The summed E-state index contributed by atoms with van der Waals surface area (Å²) in [6.45, 7) is -0.418. The molecule has 150 valence electrons. The molecule has 1 heterocycles. The fourth-order valence-electron chi connectivity index (χ4n) is 4.90. The van der Waals surface area contributed by atoms with Crippen LogP contribution in [-0.4, -0.2) is 30.2 Å². The number of allylic oxidation sites excluding steroid dienone is 2. The molecule has 1 saturated carbocycles. The van der Waals surface area contributed by atoms with Crippen LogP contribution in [0.3, 0.4) is 0 Å². The minimum absolute atomic E-state index is 0.0871. The average molecular weight is 401 g/mol. The van der Waals surface area contributed by atoms with E-state index in [9.17, 15) is 19.2 Å². The number of carbonyl (C=O) groups is 4. The van der Waals surface area contributed by atoms with Gasteiger partial charge in [-0.05, 0) is 30.4 Å². The molecule has 30 heavy (non-hydrogen) atoms. The third-order valence-corrected chi connectivity index (χ3v) is 6.27. The molecule has 1 saturated heterocycles. The zero-order chi connectivity index (χ0) is 20.8. The molecule has 0 spiro atoms. The number of fused-ring (bicyclic) bond motifs is 5. The third kappa shape index (κ3) is 2.79. The molecule has 2 aromatic rings. The van der Waals surface area contributed by atoms with Crippen LogP contribution in [0.4, 0.5) is 5.69 Å². The van der Waals surface area contributed by atoms with E-state index in [1.54, 1.807) is 48.5 Å². The van der Waals surface area contributed by atoms with Crippen LogP contribution in [0.5, 0.6) is 0 Å². The molecule has 1 aliphatic heterocycles. The van der Waals surface area contributed by atoms with Crippen molar-refractivity contribution in [3.63, 3.8) is 0 Å². The van der Waals surface area contributed by atoms with Crippen molar-refractivity contribution in [1.29, 1.82) is 0 Å². The van der Waals surface area contributed by atoms with Gasteiger partial charge in [-0.2, -0.15) is 0 Å². The van der Waals surface area contributed by atoms with Crippen molar-refractivity contribution in [2.45, 2.75) is 6.42 Å². The number of carbonyl (C=O) groups excluding carboxylic acids is 4. The van der Waals surface area contributed by atoms with E-state index in [4.69, 9.17) is 4.74 Å². The smallest absolute Gasteiger partial charge is 0.340 e. The van der Waals surface area contributed by atoms with Crippen LogP contribution in [0.15, 0.2) is 66.7 Å². The second-order valence-electron chi connectivity index (χ2n) is 7.89. The first kappa shape index (κ1) is 18.5. The van der Waals surface area contributed by atoms with Gasteiger partial charge in [0.15, 0.2) is 12.4 Å². The van der Waals surface area contributed by atoms with Crippen molar-refractivity contribution >= 4 is 29.3 Å². The van der Waals surface area contributed by atoms with Crippen molar-refractivity contribution in [3.8, 4) is 0 Å². The number of hydrogen-bond acceptors (Lipinski definition) is 5. The summed E-state index contributed by atoms with van der Waals surface area (Å²) in [4.78, 5) is 52.3. The molecule has 0 N–H and O–H groups in total. The minimum Gasteiger partial charge on any atom is -0.454 e. The largest absolute Gasteiger partial charge is 0.454 e. The minimum atomic E-state index is -0.742. The number of Topliss-reactive ketones (excluding diaryl/α,β-unsaturated/α-hetero) is 1. The molecule has 2 bridgehead atoms. The van der Waals surface area contributed by atoms with Crippen LogP contribution < -0.4 is 4.90 Å². The number of amides is 2. The maximum Gasteiger partial charge on any atom is 0.340 e. The number of benzene rings is 2. The van der Waals surface area contributed by atoms with E-state index in [2.05, 4.69) is 0 Å². The summed E-state index contributed by atoms with van der Waals surface area (Å²) in [7, 11) is 0. The van der Waals surface area contributed by atoms with E-state index in [0.29, 0.717) is 5.56 Å². The highest BCUT2D eigenvalue weighted by Gasteiger charge is 2.59. The van der Waals surface area contributed by atoms with Crippen LogP contribution in [0.2, 0.25) is 0 Å². The Hall–Kier alpha value is -3.54. The van der Waals surface area contributed by atoms with E-state index >= 15 is 0 Å². The van der Waals surface area contributed by atoms with E-state index in [-0.39, 0.29) is 52.5 Å². The molecule has 4 atom stereocenters. The normalized spacial score (nSPS) is 26.2. The van der Waals surface area contributed by atoms with Gasteiger partial charge in [0.1, 0.15) is 0 Å². The van der Waals surface area contributed by atoms with E-state index in [1.807, 2.05) is 12.2 Å². The summed E-state index contributed by atoms with van der Waals surface area (Å²) >= 11 is 0. The fourth-order valence-corrected chi connectivity index (χ4v) is 4.90. The van der Waals surface area contributed by atoms with Gasteiger partial charge in [-0.1, -0.05) is 54.6 Å². The van der Waals surface area contributed by atoms with Gasteiger partial charge in [-0.15, -0.1) is 0 Å². The van der Waals surface area contributed by atoms with Crippen LogP contribution in [0.1, 0.15) is 27.1 Å². The molecule has 5 rings (SSSR count). The maximum atomic E-state index is 13.1. The Kier molecular flexibility index (Phi) is 4.35. The highest BCUT2D eigenvalue weighted by Crippen LogP contribution is 2.53. The number of nitrogens with zero attached hydrogens (tertiary/aromatic N) is 1. The highest BCUT2D eigenvalue weighted by atomic mass is 16.5. The molecule has 3 aliphatic rings. The van der Waals surface area contributed by atoms with Gasteiger partial charge in [0.25, 0.3) is 0 Å². The molecule has 6 heteroatoms. The number of anilines is 1. The third-order valence-electron chi connectivity index (χ3n) is 6.27. The number of rotatable bonds is 5. The monoisotopic (exact) mass is 401 g/mol. The standard InChI is InChI=1S/C24H19NO5/c26-19(14-6-2-1-3-7-14)13-30-24(29)17-8-4-5-9-18(17)25-22(27)20-15-10-11-16(12-15)21(20)23(25)28/h1-11,15-16,20-21H,12-13H2/t15-,16-,20-,21-/m0/s1. The maximum absolute atomic E-state index is 13.1. The lowest BCUT2D eigenvalue weighted by molar-refractivity contribution is -0.123. The number of hydrogen-bond donors (Lipinski definition) is 0. The SMILES string of the molecule is O=C(COC(=O)c1ccccc1N1C(=O)[C@@H]2[C@@H](C1=O)[C@H]1C=C[C@H]2C1)c1ccccc1. The lowest BCUT2D eigenvalue weighted by atomic mass is 9.85. The molecule has 2 aromatic carbocycles. The second-order valence-corrected chi connectivity index (χ2v) is 7.89. The Balaban J connectivity index is 1.37. The van der Waals surface area contributed by atoms with Crippen molar-refractivity contribution in [3.05, 3.63) is 77.9 Å². The summed E-state index contributed by atoms with van der Waals surface area (Å²) in [5.41, 5.74) is 0.762. The quantitative estimate of drug-likeness (QED) is 0.333. The number of para-hydroxylation sites is 1. The molecule has 2 aliphatic carbocycles. The van der Waals surface area contributed by atoms with E-state index < -0.39 is 12.6 Å². The Bertz CT molecular complexity index is 1060. The van der Waals surface area contributed by atoms with Crippen LogP contribution >= 0.6 is 0 Å². The Morgan fingerprint density at radius 1 is 0.867 bits per heavy atom. The lowest BCUT2D eigenvalue weighted by Gasteiger charge is -2.19. The second kappa shape index (κ2) is 7.06. The summed E-state index contributed by atoms with van der Waals surface area (Å²) in [5, 5.41) is 0.